The number of hydrogen-bond donors (Lipinski definition) is 2. The first-order chi connectivity index (χ1) is 5.29. The summed E-state index contributed by atoms with van der Waals surface area (Å²) in [4.78, 5) is 0. The van der Waals surface area contributed by atoms with Gasteiger partial charge < -0.3 is 11.1 Å². The van der Waals surface area contributed by atoms with Gasteiger partial charge in [-0.15, -0.1) is 0 Å². The van der Waals surface area contributed by atoms with E-state index in [1.165, 1.54) is 0 Å². The van der Waals surface area contributed by atoms with Crippen LogP contribution in [0.4, 0.5) is 5.82 Å². The number of halogens is 1. The molecule has 1 saturated heterocycles. The van der Waals surface area contributed by atoms with Crippen molar-refractivity contribution in [3.05, 3.63) is 11.2 Å². The van der Waals surface area contributed by atoms with Crippen LogP contribution in [-0.2, 0) is 0 Å². The Bertz CT molecular complexity index is 266. The molecule has 3 N–H and O–H groups in total. The van der Waals surface area contributed by atoms with Crippen LogP contribution in [0, 0.1) is 0 Å². The highest BCUT2D eigenvalue weighted by molar-refractivity contribution is 6.32. The van der Waals surface area contributed by atoms with Crippen LogP contribution >= 0.6 is 11.6 Å². The standard InChI is InChI=1S/C6H9ClN4/c7-5-3-10-11(6(5)8)4-1-9-2-4/h3-4,9H,1-2,8H2. The Morgan fingerprint density at radius 1 is 1.73 bits per heavy atom. The number of nitrogens with two attached hydrogens (primary N) is 1. The highest BCUT2D eigenvalue weighted by atomic mass is 35.5. The van der Waals surface area contributed by atoms with Crippen molar-refractivity contribution < 1.29 is 0 Å². The molecule has 0 bridgehead atoms. The van der Waals surface area contributed by atoms with Crippen molar-refractivity contribution in [3.63, 3.8) is 0 Å². The van der Waals surface area contributed by atoms with Gasteiger partial charge in [-0.1, -0.05) is 11.6 Å². The van der Waals surface area contributed by atoms with Crippen LogP contribution in [0.15, 0.2) is 6.20 Å². The largest absolute Gasteiger partial charge is 0.383 e. The lowest BCUT2D eigenvalue weighted by atomic mass is 10.2. The van der Waals surface area contributed by atoms with E-state index < -0.39 is 0 Å². The van der Waals surface area contributed by atoms with Gasteiger partial charge in [-0.2, -0.15) is 5.10 Å². The smallest absolute Gasteiger partial charge is 0.141 e. The predicted octanol–water partition coefficient (Wildman–Crippen LogP) is 0.263. The number of aromatic nitrogens is 2. The van der Waals surface area contributed by atoms with Crippen LogP contribution in [0.5, 0.6) is 0 Å². The number of nitrogens with zero attached hydrogens (tertiary/aromatic N) is 2. The monoisotopic (exact) mass is 172 g/mol. The number of rotatable bonds is 1. The van der Waals surface area contributed by atoms with Gasteiger partial charge in [0.2, 0.25) is 0 Å². The Balaban J connectivity index is 2.29. The number of anilines is 1. The predicted molar refractivity (Wildman–Crippen MR) is 43.6 cm³/mol. The molecular formula is C6H9ClN4. The van der Waals surface area contributed by atoms with E-state index in [0.29, 0.717) is 16.9 Å². The zero-order valence-corrected chi connectivity index (χ0v) is 6.67. The van der Waals surface area contributed by atoms with E-state index in [-0.39, 0.29) is 0 Å². The van der Waals surface area contributed by atoms with E-state index in [4.69, 9.17) is 17.3 Å². The summed E-state index contributed by atoms with van der Waals surface area (Å²) >= 11 is 5.73. The Hall–Kier alpha value is -0.740. The Kier molecular flexibility index (Phi) is 1.51. The van der Waals surface area contributed by atoms with Crippen LogP contribution in [0.2, 0.25) is 5.02 Å². The third-order valence-corrected chi connectivity index (χ3v) is 2.18. The molecule has 1 aromatic heterocycles. The fraction of sp³-hybridized carbons (Fsp3) is 0.500. The third-order valence-electron chi connectivity index (χ3n) is 1.89. The van der Waals surface area contributed by atoms with Crippen LogP contribution in [0.25, 0.3) is 0 Å². The molecular weight excluding hydrogens is 164 g/mol. The summed E-state index contributed by atoms with van der Waals surface area (Å²) in [5.41, 5.74) is 5.65. The maximum Gasteiger partial charge on any atom is 0.141 e. The number of hydrogen-bond acceptors (Lipinski definition) is 3. The topological polar surface area (TPSA) is 55.9 Å². The molecule has 0 unspecified atom stereocenters. The maximum atomic E-state index is 5.73. The molecule has 0 amide bonds. The minimum Gasteiger partial charge on any atom is -0.383 e. The summed E-state index contributed by atoms with van der Waals surface area (Å²) in [7, 11) is 0. The summed E-state index contributed by atoms with van der Waals surface area (Å²) in [6.45, 7) is 1.87. The second kappa shape index (κ2) is 2.39. The Morgan fingerprint density at radius 3 is 2.82 bits per heavy atom. The maximum absolute atomic E-state index is 5.73. The van der Waals surface area contributed by atoms with Gasteiger partial charge in [0.1, 0.15) is 10.8 Å². The lowest BCUT2D eigenvalue weighted by Crippen LogP contribution is -2.44. The van der Waals surface area contributed by atoms with E-state index in [2.05, 4.69) is 10.4 Å². The molecule has 0 aromatic carbocycles. The Labute approximate surface area is 69.3 Å². The fourth-order valence-corrected chi connectivity index (χ4v) is 1.22. The highest BCUT2D eigenvalue weighted by Gasteiger charge is 2.21. The lowest BCUT2D eigenvalue weighted by Gasteiger charge is -2.27. The highest BCUT2D eigenvalue weighted by Crippen LogP contribution is 2.22. The first-order valence-electron chi connectivity index (χ1n) is 3.48. The van der Waals surface area contributed by atoms with Gasteiger partial charge in [0.15, 0.2) is 0 Å². The molecule has 2 heterocycles. The van der Waals surface area contributed by atoms with E-state index in [1.807, 2.05) is 0 Å². The van der Waals surface area contributed by atoms with Gasteiger partial charge in [-0.25, -0.2) is 4.68 Å². The molecule has 0 atom stereocenters. The summed E-state index contributed by atoms with van der Waals surface area (Å²) in [6, 6.07) is 0.391. The minimum absolute atomic E-state index is 0.391. The molecule has 0 aliphatic carbocycles. The van der Waals surface area contributed by atoms with Crippen LogP contribution < -0.4 is 11.1 Å². The van der Waals surface area contributed by atoms with Crippen molar-refractivity contribution in [2.75, 3.05) is 18.8 Å². The second-order valence-corrected chi connectivity index (χ2v) is 3.04. The first-order valence-corrected chi connectivity index (χ1v) is 3.86. The van der Waals surface area contributed by atoms with Crippen molar-refractivity contribution >= 4 is 17.4 Å². The summed E-state index contributed by atoms with van der Waals surface area (Å²) < 4.78 is 1.76. The van der Waals surface area contributed by atoms with E-state index >= 15 is 0 Å². The molecule has 2 rings (SSSR count). The molecule has 4 nitrogen and oxygen atoms in total. The average Bonchev–Trinajstić information content (AvgIpc) is 2.15. The SMILES string of the molecule is Nc1c(Cl)cnn1C1CNC1. The minimum atomic E-state index is 0.391. The molecule has 1 fully saturated rings. The summed E-state index contributed by atoms with van der Waals surface area (Å²) in [6.07, 6.45) is 1.58. The molecule has 5 heteroatoms. The van der Waals surface area contributed by atoms with Gasteiger partial charge in [-0.05, 0) is 0 Å². The molecule has 11 heavy (non-hydrogen) atoms. The van der Waals surface area contributed by atoms with Crippen molar-refractivity contribution in [2.45, 2.75) is 6.04 Å². The van der Waals surface area contributed by atoms with E-state index in [9.17, 15) is 0 Å². The molecule has 0 saturated carbocycles. The second-order valence-electron chi connectivity index (χ2n) is 2.63. The molecule has 1 aliphatic heterocycles. The lowest BCUT2D eigenvalue weighted by molar-refractivity contribution is 0.322. The third kappa shape index (κ3) is 0.985. The molecule has 0 radical (unpaired) electrons. The van der Waals surface area contributed by atoms with Gasteiger partial charge >= 0.3 is 0 Å². The fourth-order valence-electron chi connectivity index (χ4n) is 1.09. The molecule has 60 valence electrons. The Morgan fingerprint density at radius 2 is 2.45 bits per heavy atom. The van der Waals surface area contributed by atoms with Gasteiger partial charge in [0.25, 0.3) is 0 Å². The average molecular weight is 173 g/mol. The van der Waals surface area contributed by atoms with Gasteiger partial charge in [0.05, 0.1) is 12.2 Å². The molecule has 1 aliphatic rings. The quantitative estimate of drug-likeness (QED) is 0.639. The first kappa shape index (κ1) is 6.94. The van der Waals surface area contributed by atoms with Crippen molar-refractivity contribution in [2.24, 2.45) is 0 Å². The van der Waals surface area contributed by atoms with Gasteiger partial charge in [-0.3, -0.25) is 0 Å². The van der Waals surface area contributed by atoms with Crippen LogP contribution in [0.1, 0.15) is 6.04 Å². The number of nitrogen functional groups attached to an aromatic ring is 1. The summed E-state index contributed by atoms with van der Waals surface area (Å²) in [5.74, 6) is 0.568. The summed E-state index contributed by atoms with van der Waals surface area (Å²) in [5, 5.41) is 7.73. The van der Waals surface area contributed by atoms with Crippen LogP contribution in [0.3, 0.4) is 0 Å². The van der Waals surface area contributed by atoms with Gasteiger partial charge in [0, 0.05) is 13.1 Å². The van der Waals surface area contributed by atoms with E-state index in [0.717, 1.165) is 13.1 Å². The zero-order valence-electron chi connectivity index (χ0n) is 5.92. The van der Waals surface area contributed by atoms with Crippen LogP contribution in [-0.4, -0.2) is 22.9 Å². The number of nitrogens with one attached hydrogen (secondary N) is 1. The van der Waals surface area contributed by atoms with Crippen molar-refractivity contribution in [1.82, 2.24) is 15.1 Å². The van der Waals surface area contributed by atoms with Crippen molar-refractivity contribution in [1.29, 1.82) is 0 Å². The molecule has 1 aromatic rings. The van der Waals surface area contributed by atoms with Crippen molar-refractivity contribution in [3.8, 4) is 0 Å². The van der Waals surface area contributed by atoms with E-state index in [1.54, 1.807) is 10.9 Å². The normalized spacial score (nSPS) is 18.3. The zero-order chi connectivity index (χ0) is 7.84. The molecule has 0 spiro atoms.